The van der Waals surface area contributed by atoms with Crippen molar-refractivity contribution in [1.29, 1.82) is 0 Å². The molecule has 6 heteroatoms. The SMILES string of the molecule is Cc1cccc(-c2nnc(NC(=O)c3cccc(F)c3)s2)c1. The zero-order valence-electron chi connectivity index (χ0n) is 11.7. The lowest BCUT2D eigenvalue weighted by Gasteiger charge is -2.00. The Morgan fingerprint density at radius 2 is 1.95 bits per heavy atom. The van der Waals surface area contributed by atoms with Gasteiger partial charge in [-0.3, -0.25) is 10.1 Å². The number of aryl methyl sites for hydroxylation is 1. The Bertz CT molecular complexity index is 832. The van der Waals surface area contributed by atoms with Crippen LogP contribution in [0.15, 0.2) is 48.5 Å². The molecule has 3 aromatic rings. The van der Waals surface area contributed by atoms with E-state index in [-0.39, 0.29) is 5.56 Å². The molecule has 0 saturated heterocycles. The maximum absolute atomic E-state index is 13.1. The molecule has 0 bridgehead atoms. The number of amides is 1. The van der Waals surface area contributed by atoms with Crippen LogP contribution in [0.4, 0.5) is 9.52 Å². The normalized spacial score (nSPS) is 10.5. The lowest BCUT2D eigenvalue weighted by atomic mass is 10.1. The zero-order chi connectivity index (χ0) is 15.5. The van der Waals surface area contributed by atoms with Crippen LogP contribution in [0.3, 0.4) is 0 Å². The Morgan fingerprint density at radius 1 is 1.14 bits per heavy atom. The second kappa shape index (κ2) is 6.03. The van der Waals surface area contributed by atoms with Crippen LogP contribution in [-0.2, 0) is 0 Å². The Morgan fingerprint density at radius 3 is 2.73 bits per heavy atom. The summed E-state index contributed by atoms with van der Waals surface area (Å²) in [6.45, 7) is 2.00. The van der Waals surface area contributed by atoms with Gasteiger partial charge >= 0.3 is 0 Å². The average molecular weight is 313 g/mol. The molecule has 1 amide bonds. The molecular formula is C16H12FN3OS. The van der Waals surface area contributed by atoms with Gasteiger partial charge in [0.2, 0.25) is 5.13 Å². The molecule has 0 radical (unpaired) electrons. The Kier molecular flexibility index (Phi) is 3.93. The van der Waals surface area contributed by atoms with E-state index in [2.05, 4.69) is 15.5 Å². The van der Waals surface area contributed by atoms with E-state index in [1.165, 1.54) is 29.5 Å². The Labute approximate surface area is 130 Å². The highest BCUT2D eigenvalue weighted by molar-refractivity contribution is 7.18. The molecule has 0 aliphatic rings. The van der Waals surface area contributed by atoms with E-state index in [0.29, 0.717) is 5.13 Å². The summed E-state index contributed by atoms with van der Waals surface area (Å²) >= 11 is 1.27. The Hall–Kier alpha value is -2.60. The average Bonchev–Trinajstić information content (AvgIpc) is 2.96. The molecule has 22 heavy (non-hydrogen) atoms. The van der Waals surface area contributed by atoms with Crippen LogP contribution < -0.4 is 5.32 Å². The number of hydrogen-bond donors (Lipinski definition) is 1. The van der Waals surface area contributed by atoms with E-state index < -0.39 is 11.7 Å². The molecule has 2 aromatic carbocycles. The van der Waals surface area contributed by atoms with Gasteiger partial charge in [-0.05, 0) is 31.2 Å². The first-order chi connectivity index (χ1) is 10.6. The third-order valence-electron chi connectivity index (χ3n) is 3.00. The number of rotatable bonds is 3. The molecule has 1 heterocycles. The minimum absolute atomic E-state index is 0.243. The predicted octanol–water partition coefficient (Wildman–Crippen LogP) is 3.90. The largest absolute Gasteiger partial charge is 0.296 e. The predicted molar refractivity (Wildman–Crippen MR) is 84.4 cm³/mol. The summed E-state index contributed by atoms with van der Waals surface area (Å²) in [4.78, 5) is 12.0. The van der Waals surface area contributed by atoms with Crippen molar-refractivity contribution >= 4 is 22.4 Å². The molecule has 110 valence electrons. The summed E-state index contributed by atoms with van der Waals surface area (Å²) in [5.74, 6) is -0.864. The van der Waals surface area contributed by atoms with Crippen molar-refractivity contribution < 1.29 is 9.18 Å². The molecule has 3 rings (SSSR count). The third-order valence-corrected chi connectivity index (χ3v) is 3.89. The molecule has 0 atom stereocenters. The first-order valence-electron chi connectivity index (χ1n) is 6.59. The fraction of sp³-hybridized carbons (Fsp3) is 0.0625. The highest BCUT2D eigenvalue weighted by Gasteiger charge is 2.11. The van der Waals surface area contributed by atoms with Crippen LogP contribution in [0, 0.1) is 12.7 Å². The molecule has 1 N–H and O–H groups in total. The lowest BCUT2D eigenvalue weighted by Crippen LogP contribution is -2.11. The van der Waals surface area contributed by atoms with Crippen LogP contribution >= 0.6 is 11.3 Å². The molecule has 0 unspecified atom stereocenters. The van der Waals surface area contributed by atoms with Crippen molar-refractivity contribution in [3.8, 4) is 10.6 Å². The number of nitrogens with one attached hydrogen (secondary N) is 1. The fourth-order valence-corrected chi connectivity index (χ4v) is 2.70. The standard InChI is InChI=1S/C16H12FN3OS/c1-10-4-2-6-12(8-10)15-19-20-16(22-15)18-14(21)11-5-3-7-13(17)9-11/h2-9H,1H3,(H,18,20,21). The summed E-state index contributed by atoms with van der Waals surface area (Å²) in [5.41, 5.74) is 2.31. The molecule has 0 aliphatic carbocycles. The van der Waals surface area contributed by atoms with Gasteiger partial charge < -0.3 is 0 Å². The molecule has 0 fully saturated rings. The number of carbonyl (C=O) groups is 1. The molecular weight excluding hydrogens is 301 g/mol. The van der Waals surface area contributed by atoms with Crippen molar-refractivity contribution in [2.24, 2.45) is 0 Å². The van der Waals surface area contributed by atoms with Gasteiger partial charge in [-0.25, -0.2) is 4.39 Å². The van der Waals surface area contributed by atoms with Gasteiger partial charge in [0, 0.05) is 11.1 Å². The molecule has 0 spiro atoms. The van der Waals surface area contributed by atoms with Crippen LogP contribution in [-0.4, -0.2) is 16.1 Å². The quantitative estimate of drug-likeness (QED) is 0.797. The molecule has 0 saturated carbocycles. The minimum atomic E-state index is -0.453. The van der Waals surface area contributed by atoms with Gasteiger partial charge in [-0.15, -0.1) is 10.2 Å². The van der Waals surface area contributed by atoms with E-state index in [0.717, 1.165) is 16.1 Å². The van der Waals surface area contributed by atoms with Gasteiger partial charge in [-0.1, -0.05) is 41.2 Å². The second-order valence-corrected chi connectivity index (χ2v) is 5.72. The van der Waals surface area contributed by atoms with Crippen molar-refractivity contribution in [1.82, 2.24) is 10.2 Å². The van der Waals surface area contributed by atoms with Gasteiger partial charge in [0.05, 0.1) is 0 Å². The maximum atomic E-state index is 13.1. The smallest absolute Gasteiger partial charge is 0.257 e. The highest BCUT2D eigenvalue weighted by Crippen LogP contribution is 2.27. The number of aromatic nitrogens is 2. The lowest BCUT2D eigenvalue weighted by molar-refractivity contribution is 0.102. The summed E-state index contributed by atoms with van der Waals surface area (Å²) in [6.07, 6.45) is 0. The van der Waals surface area contributed by atoms with Gasteiger partial charge in [0.1, 0.15) is 10.8 Å². The third kappa shape index (κ3) is 3.17. The number of halogens is 1. The van der Waals surface area contributed by atoms with Crippen molar-refractivity contribution in [3.05, 3.63) is 65.5 Å². The van der Waals surface area contributed by atoms with E-state index in [4.69, 9.17) is 0 Å². The summed E-state index contributed by atoms with van der Waals surface area (Å²) in [7, 11) is 0. The van der Waals surface area contributed by atoms with Crippen molar-refractivity contribution in [2.75, 3.05) is 5.32 Å². The van der Waals surface area contributed by atoms with Gasteiger partial charge in [0.15, 0.2) is 0 Å². The number of carbonyl (C=O) groups excluding carboxylic acids is 1. The van der Waals surface area contributed by atoms with E-state index in [9.17, 15) is 9.18 Å². The zero-order valence-corrected chi connectivity index (χ0v) is 12.5. The highest BCUT2D eigenvalue weighted by atomic mass is 32.1. The monoisotopic (exact) mass is 313 g/mol. The van der Waals surface area contributed by atoms with Crippen LogP contribution in [0.25, 0.3) is 10.6 Å². The van der Waals surface area contributed by atoms with Gasteiger partial charge in [0.25, 0.3) is 5.91 Å². The fourth-order valence-electron chi connectivity index (χ4n) is 1.97. The van der Waals surface area contributed by atoms with Crippen LogP contribution in [0.1, 0.15) is 15.9 Å². The number of anilines is 1. The second-order valence-electron chi connectivity index (χ2n) is 4.75. The van der Waals surface area contributed by atoms with Crippen LogP contribution in [0.5, 0.6) is 0 Å². The van der Waals surface area contributed by atoms with E-state index in [1.807, 2.05) is 31.2 Å². The van der Waals surface area contributed by atoms with Crippen molar-refractivity contribution in [3.63, 3.8) is 0 Å². The first kappa shape index (κ1) is 14.3. The molecule has 4 nitrogen and oxygen atoms in total. The summed E-state index contributed by atoms with van der Waals surface area (Å²) < 4.78 is 13.1. The van der Waals surface area contributed by atoms with Crippen LogP contribution in [0.2, 0.25) is 0 Å². The first-order valence-corrected chi connectivity index (χ1v) is 7.41. The number of benzene rings is 2. The van der Waals surface area contributed by atoms with E-state index >= 15 is 0 Å². The molecule has 1 aromatic heterocycles. The maximum Gasteiger partial charge on any atom is 0.257 e. The Balaban J connectivity index is 1.78. The van der Waals surface area contributed by atoms with E-state index in [1.54, 1.807) is 6.07 Å². The summed E-state index contributed by atoms with van der Waals surface area (Å²) in [6, 6.07) is 13.4. The number of hydrogen-bond acceptors (Lipinski definition) is 4. The van der Waals surface area contributed by atoms with Gasteiger partial charge in [-0.2, -0.15) is 0 Å². The number of nitrogens with zero attached hydrogens (tertiary/aromatic N) is 2. The van der Waals surface area contributed by atoms with Crippen molar-refractivity contribution in [2.45, 2.75) is 6.92 Å². The topological polar surface area (TPSA) is 54.9 Å². The molecule has 0 aliphatic heterocycles. The minimum Gasteiger partial charge on any atom is -0.296 e. The summed E-state index contributed by atoms with van der Waals surface area (Å²) in [5, 5.41) is 11.8.